The Labute approximate surface area is 139 Å². The second kappa shape index (κ2) is 7.60. The van der Waals surface area contributed by atoms with Crippen LogP contribution in [0.1, 0.15) is 26.7 Å². The van der Waals surface area contributed by atoms with E-state index in [-0.39, 0.29) is 0 Å². The minimum Gasteiger partial charge on any atom is -0.371 e. The number of nitrogens with zero attached hydrogens (tertiary/aromatic N) is 1. The van der Waals surface area contributed by atoms with Crippen molar-refractivity contribution in [2.24, 2.45) is 0 Å². The van der Waals surface area contributed by atoms with Crippen LogP contribution in [0.2, 0.25) is 0 Å². The molecule has 4 heteroatoms. The molecule has 1 nitrogen and oxygen atoms in total. The Morgan fingerprint density at radius 1 is 0.938 bits per heavy atom. The molecule has 90 valence electrons. The second-order valence-corrected chi connectivity index (χ2v) is 7.11. The molecule has 0 aliphatic carbocycles. The Bertz CT molecular complexity index is 323. The maximum Gasteiger partial charge on any atom is 0.0398 e. The molecule has 0 saturated heterocycles. The van der Waals surface area contributed by atoms with E-state index >= 15 is 0 Å². The lowest BCUT2D eigenvalue weighted by molar-refractivity contribution is 0.744. The minimum atomic E-state index is 1.15. The van der Waals surface area contributed by atoms with Crippen molar-refractivity contribution >= 4 is 73.5 Å². The van der Waals surface area contributed by atoms with Crippen LogP contribution >= 0.6 is 67.8 Å². The van der Waals surface area contributed by atoms with Gasteiger partial charge < -0.3 is 4.90 Å². The van der Waals surface area contributed by atoms with Crippen molar-refractivity contribution in [2.75, 3.05) is 18.0 Å². The summed E-state index contributed by atoms with van der Waals surface area (Å²) in [5.41, 5.74) is 1.37. The summed E-state index contributed by atoms with van der Waals surface area (Å²) in [6, 6.07) is 4.60. The van der Waals surface area contributed by atoms with Crippen molar-refractivity contribution in [1.82, 2.24) is 0 Å². The molecule has 0 aromatic heterocycles. The monoisotopic (exact) mass is 555 g/mol. The number of hydrogen-bond acceptors (Lipinski definition) is 1. The molecular weight excluding hydrogens is 539 g/mol. The molecule has 0 saturated carbocycles. The Kier molecular flexibility index (Phi) is 7.25. The van der Waals surface area contributed by atoms with Crippen LogP contribution in [0.25, 0.3) is 0 Å². The van der Waals surface area contributed by atoms with E-state index in [0.29, 0.717) is 0 Å². The van der Waals surface area contributed by atoms with Gasteiger partial charge in [-0.15, -0.1) is 0 Å². The predicted molar refractivity (Wildman–Crippen MR) is 97.4 cm³/mol. The molecule has 0 aliphatic rings. The Morgan fingerprint density at radius 2 is 1.38 bits per heavy atom. The first-order valence-corrected chi connectivity index (χ1v) is 8.73. The molecule has 0 fully saturated rings. The van der Waals surface area contributed by atoms with Gasteiger partial charge in [-0.05, 0) is 92.7 Å². The van der Waals surface area contributed by atoms with Crippen LogP contribution in [0.4, 0.5) is 5.69 Å². The predicted octanol–water partition coefficient (Wildman–Crippen LogP) is 5.13. The van der Waals surface area contributed by atoms with E-state index in [1.54, 1.807) is 0 Å². The maximum atomic E-state index is 2.49. The zero-order valence-corrected chi connectivity index (χ0v) is 16.0. The van der Waals surface area contributed by atoms with E-state index in [9.17, 15) is 0 Å². The highest BCUT2D eigenvalue weighted by molar-refractivity contribution is 14.1. The fourth-order valence-electron chi connectivity index (χ4n) is 1.63. The molecule has 1 aromatic carbocycles. The first-order chi connectivity index (χ1) is 7.60. The van der Waals surface area contributed by atoms with E-state index in [2.05, 4.69) is 98.7 Å². The van der Waals surface area contributed by atoms with Crippen LogP contribution in [0, 0.1) is 10.7 Å². The van der Waals surface area contributed by atoms with Crippen molar-refractivity contribution in [1.29, 1.82) is 0 Å². The van der Waals surface area contributed by atoms with Gasteiger partial charge in [0.05, 0.1) is 0 Å². The van der Waals surface area contributed by atoms with E-state index < -0.39 is 0 Å². The molecule has 16 heavy (non-hydrogen) atoms. The molecule has 0 bridgehead atoms. The third-order valence-corrected chi connectivity index (χ3v) is 7.25. The molecule has 0 radical (unpaired) electrons. The molecule has 1 aromatic rings. The average Bonchev–Trinajstić information content (AvgIpc) is 2.25. The van der Waals surface area contributed by atoms with E-state index in [1.807, 2.05) is 0 Å². The molecule has 0 unspecified atom stereocenters. The lowest BCUT2D eigenvalue weighted by atomic mass is 10.2. The lowest BCUT2D eigenvalue weighted by Crippen LogP contribution is -2.25. The van der Waals surface area contributed by atoms with Crippen LogP contribution in [0.5, 0.6) is 0 Å². The van der Waals surface area contributed by atoms with E-state index in [4.69, 9.17) is 0 Å². The Morgan fingerprint density at radius 3 is 1.75 bits per heavy atom. The number of rotatable bonds is 5. The molecule has 0 atom stereocenters. The highest BCUT2D eigenvalue weighted by Crippen LogP contribution is 2.27. The first-order valence-electron chi connectivity index (χ1n) is 5.49. The molecular formula is C12H16I3N. The van der Waals surface area contributed by atoms with Gasteiger partial charge in [0.15, 0.2) is 0 Å². The lowest BCUT2D eigenvalue weighted by Gasteiger charge is -2.24. The SMILES string of the molecule is CCCN(CCC)c1cc(I)c(I)c(I)c1. The van der Waals surface area contributed by atoms with Crippen LogP contribution in [0.3, 0.4) is 0 Å². The van der Waals surface area contributed by atoms with Crippen LogP contribution in [0.15, 0.2) is 12.1 Å². The van der Waals surface area contributed by atoms with Gasteiger partial charge in [-0.25, -0.2) is 0 Å². The summed E-state index contributed by atoms with van der Waals surface area (Å²) in [5, 5.41) is 0. The van der Waals surface area contributed by atoms with Crippen LogP contribution in [-0.2, 0) is 0 Å². The standard InChI is InChI=1S/C12H16I3N/c1-3-5-16(6-4-2)9-7-10(13)12(15)11(14)8-9/h7-8H,3-6H2,1-2H3. The number of halogens is 3. The summed E-state index contributed by atoms with van der Waals surface area (Å²) >= 11 is 7.27. The third-order valence-electron chi connectivity index (χ3n) is 2.32. The Hall–Kier alpha value is 1.21. The molecule has 1 rings (SSSR count). The first kappa shape index (κ1) is 15.3. The summed E-state index contributed by atoms with van der Waals surface area (Å²) in [7, 11) is 0. The molecule has 0 spiro atoms. The smallest absolute Gasteiger partial charge is 0.0398 e. The van der Waals surface area contributed by atoms with Gasteiger partial charge in [-0.2, -0.15) is 0 Å². The normalized spacial score (nSPS) is 10.6. The summed E-state index contributed by atoms with van der Waals surface area (Å²) in [6.07, 6.45) is 2.41. The van der Waals surface area contributed by atoms with E-state index in [1.165, 1.54) is 29.2 Å². The molecule has 0 amide bonds. The number of hydrogen-bond donors (Lipinski definition) is 0. The molecule has 0 heterocycles. The maximum absolute atomic E-state index is 2.49. The van der Waals surface area contributed by atoms with Crippen LogP contribution < -0.4 is 4.90 Å². The number of anilines is 1. The zero-order valence-electron chi connectivity index (χ0n) is 9.56. The van der Waals surface area contributed by atoms with Crippen molar-refractivity contribution in [2.45, 2.75) is 26.7 Å². The van der Waals surface area contributed by atoms with Gasteiger partial charge in [-0.3, -0.25) is 0 Å². The van der Waals surface area contributed by atoms with Gasteiger partial charge in [-0.1, -0.05) is 13.8 Å². The van der Waals surface area contributed by atoms with Crippen LogP contribution in [-0.4, -0.2) is 13.1 Å². The van der Waals surface area contributed by atoms with Crippen molar-refractivity contribution in [3.8, 4) is 0 Å². The van der Waals surface area contributed by atoms with E-state index in [0.717, 1.165) is 13.1 Å². The van der Waals surface area contributed by atoms with Gasteiger partial charge in [0.25, 0.3) is 0 Å². The summed E-state index contributed by atoms with van der Waals surface area (Å²) in [5.74, 6) is 0. The topological polar surface area (TPSA) is 3.24 Å². The van der Waals surface area contributed by atoms with Crippen molar-refractivity contribution < 1.29 is 0 Å². The fraction of sp³-hybridized carbons (Fsp3) is 0.500. The van der Waals surface area contributed by atoms with Gasteiger partial charge in [0.1, 0.15) is 0 Å². The third kappa shape index (κ3) is 4.15. The van der Waals surface area contributed by atoms with Crippen molar-refractivity contribution in [3.63, 3.8) is 0 Å². The van der Waals surface area contributed by atoms with Gasteiger partial charge in [0, 0.05) is 29.5 Å². The average molecular weight is 555 g/mol. The summed E-state index contributed by atoms with van der Waals surface area (Å²) < 4.78 is 4.09. The largest absolute Gasteiger partial charge is 0.371 e. The molecule has 0 N–H and O–H groups in total. The highest BCUT2D eigenvalue weighted by atomic mass is 127. The number of benzene rings is 1. The summed E-state index contributed by atoms with van der Waals surface area (Å²) in [4.78, 5) is 2.49. The highest BCUT2D eigenvalue weighted by Gasteiger charge is 2.09. The summed E-state index contributed by atoms with van der Waals surface area (Å²) in [6.45, 7) is 6.79. The van der Waals surface area contributed by atoms with Gasteiger partial charge in [0.2, 0.25) is 0 Å². The fourth-order valence-corrected chi connectivity index (χ4v) is 3.68. The molecule has 0 aliphatic heterocycles. The Balaban J connectivity index is 3.00. The van der Waals surface area contributed by atoms with Crippen molar-refractivity contribution in [3.05, 3.63) is 22.8 Å². The second-order valence-electron chi connectivity index (χ2n) is 3.71. The quantitative estimate of drug-likeness (QED) is 0.360. The minimum absolute atomic E-state index is 1.15. The van der Waals surface area contributed by atoms with Gasteiger partial charge >= 0.3 is 0 Å². The zero-order chi connectivity index (χ0) is 12.1.